The second kappa shape index (κ2) is 10.0. The van der Waals surface area contributed by atoms with E-state index in [-0.39, 0.29) is 12.5 Å². The van der Waals surface area contributed by atoms with Gasteiger partial charge in [0.1, 0.15) is 12.2 Å². The summed E-state index contributed by atoms with van der Waals surface area (Å²) in [5, 5.41) is 0. The molecule has 4 atom stereocenters. The van der Waals surface area contributed by atoms with Crippen LogP contribution in [0.25, 0.3) is 0 Å². The Morgan fingerprint density at radius 1 is 0.720 bits per heavy atom. The van der Waals surface area contributed by atoms with Crippen LogP contribution in [0.4, 0.5) is 0 Å². The first-order valence-electron chi connectivity index (χ1n) is 8.35. The van der Waals surface area contributed by atoms with Gasteiger partial charge in [-0.1, -0.05) is 6.42 Å². The Morgan fingerprint density at radius 3 is 1.76 bits per heavy atom. The van der Waals surface area contributed by atoms with Crippen molar-refractivity contribution in [2.75, 3.05) is 6.61 Å². The molecule has 1 saturated carbocycles. The molecule has 25 heavy (non-hydrogen) atoms. The molecule has 0 aliphatic heterocycles. The molecule has 0 aromatic rings. The molecule has 0 N–H and O–H groups in total. The number of carbonyl (C=O) groups is 4. The lowest BCUT2D eigenvalue weighted by molar-refractivity contribution is -0.192. The first-order chi connectivity index (χ1) is 11.7. The zero-order valence-corrected chi connectivity index (χ0v) is 15.1. The Bertz CT molecular complexity index is 501. The summed E-state index contributed by atoms with van der Waals surface area (Å²) in [6.45, 7) is 5.05. The van der Waals surface area contributed by atoms with Gasteiger partial charge in [0.15, 0.2) is 6.10 Å². The van der Waals surface area contributed by atoms with E-state index < -0.39 is 42.2 Å². The standard InChI is InChI=1S/C17H26O8/c1-10(18)22-9-14-7-5-6-8-15(23-11(2)19)17(25-13(4)21)16(14)24-12(3)20/h14-17H,5-9H2,1-4H3/t14-,15+,16-,17+/m0/s1. The van der Waals surface area contributed by atoms with Crippen molar-refractivity contribution in [3.63, 3.8) is 0 Å². The van der Waals surface area contributed by atoms with Gasteiger partial charge in [0.2, 0.25) is 0 Å². The van der Waals surface area contributed by atoms with Crippen LogP contribution in [0.3, 0.4) is 0 Å². The highest BCUT2D eigenvalue weighted by Crippen LogP contribution is 2.30. The first-order valence-corrected chi connectivity index (χ1v) is 8.35. The van der Waals surface area contributed by atoms with E-state index in [2.05, 4.69) is 0 Å². The minimum atomic E-state index is -0.953. The van der Waals surface area contributed by atoms with Gasteiger partial charge in [-0.15, -0.1) is 0 Å². The molecule has 8 heteroatoms. The van der Waals surface area contributed by atoms with Crippen molar-refractivity contribution in [3.8, 4) is 0 Å². The first kappa shape index (κ1) is 20.9. The van der Waals surface area contributed by atoms with Crippen molar-refractivity contribution < 1.29 is 38.1 Å². The van der Waals surface area contributed by atoms with Crippen LogP contribution in [0, 0.1) is 5.92 Å². The Kier molecular flexibility index (Phi) is 8.37. The van der Waals surface area contributed by atoms with E-state index in [1.54, 1.807) is 0 Å². The molecule has 0 spiro atoms. The molecule has 0 saturated heterocycles. The van der Waals surface area contributed by atoms with Crippen LogP contribution in [-0.2, 0) is 38.1 Å². The zero-order chi connectivity index (χ0) is 19.0. The molecule has 1 fully saturated rings. The van der Waals surface area contributed by atoms with Crippen molar-refractivity contribution in [2.45, 2.75) is 71.7 Å². The number of carbonyl (C=O) groups excluding carboxylic acids is 4. The van der Waals surface area contributed by atoms with Gasteiger partial charge >= 0.3 is 23.9 Å². The summed E-state index contributed by atoms with van der Waals surface area (Å²) >= 11 is 0. The lowest BCUT2D eigenvalue weighted by Gasteiger charge is -2.37. The number of ether oxygens (including phenoxy) is 4. The molecule has 1 aliphatic rings. The maximum Gasteiger partial charge on any atom is 0.303 e. The molecule has 1 aliphatic carbocycles. The summed E-state index contributed by atoms with van der Waals surface area (Å²) < 4.78 is 21.1. The third kappa shape index (κ3) is 7.53. The molecule has 0 amide bonds. The molecule has 0 bridgehead atoms. The maximum atomic E-state index is 11.6. The van der Waals surface area contributed by atoms with Crippen LogP contribution in [-0.4, -0.2) is 48.8 Å². The summed E-state index contributed by atoms with van der Waals surface area (Å²) in [4.78, 5) is 45.7. The zero-order valence-electron chi connectivity index (χ0n) is 15.1. The number of hydrogen-bond donors (Lipinski definition) is 0. The normalized spacial score (nSPS) is 26.6. The van der Waals surface area contributed by atoms with E-state index in [4.69, 9.17) is 18.9 Å². The largest absolute Gasteiger partial charge is 0.465 e. The Labute approximate surface area is 147 Å². The van der Waals surface area contributed by atoms with Gasteiger partial charge in [-0.05, 0) is 19.3 Å². The third-order valence-corrected chi connectivity index (χ3v) is 3.89. The van der Waals surface area contributed by atoms with Crippen LogP contribution >= 0.6 is 0 Å². The van der Waals surface area contributed by atoms with Gasteiger partial charge in [-0.3, -0.25) is 19.2 Å². The van der Waals surface area contributed by atoms with Gasteiger partial charge in [0.25, 0.3) is 0 Å². The molecule has 0 aromatic heterocycles. The van der Waals surface area contributed by atoms with E-state index in [0.29, 0.717) is 12.8 Å². The van der Waals surface area contributed by atoms with Gasteiger partial charge < -0.3 is 18.9 Å². The van der Waals surface area contributed by atoms with Crippen molar-refractivity contribution in [2.24, 2.45) is 5.92 Å². The Morgan fingerprint density at radius 2 is 1.24 bits per heavy atom. The van der Waals surface area contributed by atoms with E-state index >= 15 is 0 Å². The fraction of sp³-hybridized carbons (Fsp3) is 0.765. The highest BCUT2D eigenvalue weighted by Gasteiger charge is 2.42. The predicted octanol–water partition coefficient (Wildman–Crippen LogP) is 1.53. The highest BCUT2D eigenvalue weighted by atomic mass is 16.6. The minimum absolute atomic E-state index is 0.0256. The Hall–Kier alpha value is -2.12. The monoisotopic (exact) mass is 358 g/mol. The van der Waals surface area contributed by atoms with Crippen LogP contribution in [0.15, 0.2) is 0 Å². The van der Waals surface area contributed by atoms with Crippen molar-refractivity contribution in [1.82, 2.24) is 0 Å². The topological polar surface area (TPSA) is 105 Å². The quantitative estimate of drug-likeness (QED) is 0.538. The van der Waals surface area contributed by atoms with Crippen molar-refractivity contribution in [3.05, 3.63) is 0 Å². The molecule has 0 aromatic carbocycles. The average molecular weight is 358 g/mol. The van der Waals surface area contributed by atoms with Crippen LogP contribution < -0.4 is 0 Å². The van der Waals surface area contributed by atoms with Crippen LogP contribution in [0.1, 0.15) is 53.4 Å². The Balaban J connectivity index is 3.14. The molecular formula is C17H26O8. The molecular weight excluding hydrogens is 332 g/mol. The predicted molar refractivity (Wildman–Crippen MR) is 85.3 cm³/mol. The van der Waals surface area contributed by atoms with E-state index in [1.165, 1.54) is 27.7 Å². The molecule has 0 radical (unpaired) electrons. The van der Waals surface area contributed by atoms with E-state index in [1.807, 2.05) is 0 Å². The average Bonchev–Trinajstić information content (AvgIpc) is 2.46. The maximum absolute atomic E-state index is 11.6. The molecule has 1 rings (SSSR count). The fourth-order valence-electron chi connectivity index (χ4n) is 2.99. The molecule has 8 nitrogen and oxygen atoms in total. The second-order valence-electron chi connectivity index (χ2n) is 6.14. The van der Waals surface area contributed by atoms with Gasteiger partial charge in [0, 0.05) is 33.6 Å². The smallest absolute Gasteiger partial charge is 0.303 e. The minimum Gasteiger partial charge on any atom is -0.465 e. The highest BCUT2D eigenvalue weighted by molar-refractivity contribution is 5.68. The number of hydrogen-bond acceptors (Lipinski definition) is 8. The summed E-state index contributed by atoms with van der Waals surface area (Å²) in [6, 6.07) is 0. The SMILES string of the molecule is CC(=O)OC[C@@H]1CCCC[C@@H](OC(C)=O)[C@@H](OC(C)=O)[C@H]1OC(C)=O. The number of esters is 4. The molecule has 142 valence electrons. The van der Waals surface area contributed by atoms with Crippen molar-refractivity contribution in [1.29, 1.82) is 0 Å². The van der Waals surface area contributed by atoms with Gasteiger partial charge in [0.05, 0.1) is 6.61 Å². The third-order valence-electron chi connectivity index (χ3n) is 3.89. The summed E-state index contributed by atoms with van der Waals surface area (Å²) in [5.41, 5.74) is 0. The van der Waals surface area contributed by atoms with Crippen LogP contribution in [0.5, 0.6) is 0 Å². The van der Waals surface area contributed by atoms with E-state index in [9.17, 15) is 19.2 Å². The van der Waals surface area contributed by atoms with Gasteiger partial charge in [-0.25, -0.2) is 0 Å². The van der Waals surface area contributed by atoms with E-state index in [0.717, 1.165) is 12.8 Å². The second-order valence-corrected chi connectivity index (χ2v) is 6.14. The fourth-order valence-corrected chi connectivity index (χ4v) is 2.99. The van der Waals surface area contributed by atoms with Gasteiger partial charge in [-0.2, -0.15) is 0 Å². The molecule has 0 unspecified atom stereocenters. The summed E-state index contributed by atoms with van der Waals surface area (Å²) in [6.07, 6.45) is 0.0565. The number of rotatable bonds is 5. The van der Waals surface area contributed by atoms with Crippen LogP contribution in [0.2, 0.25) is 0 Å². The lowest BCUT2D eigenvalue weighted by Crippen LogP contribution is -2.50. The molecule has 0 heterocycles. The summed E-state index contributed by atoms with van der Waals surface area (Å²) in [5.74, 6) is -2.47. The summed E-state index contributed by atoms with van der Waals surface area (Å²) in [7, 11) is 0. The lowest BCUT2D eigenvalue weighted by atomic mass is 9.85. The van der Waals surface area contributed by atoms with Crippen molar-refractivity contribution >= 4 is 23.9 Å².